The van der Waals surface area contributed by atoms with Crippen LogP contribution in [0.3, 0.4) is 0 Å². The summed E-state index contributed by atoms with van der Waals surface area (Å²) in [6.45, 7) is 6.06. The summed E-state index contributed by atoms with van der Waals surface area (Å²) >= 11 is 0. The molecule has 1 fully saturated rings. The fraction of sp³-hybridized carbons (Fsp3) is 0.700. The van der Waals surface area contributed by atoms with Gasteiger partial charge in [0.15, 0.2) is 5.79 Å². The Kier molecular flexibility index (Phi) is 9.03. The van der Waals surface area contributed by atoms with Gasteiger partial charge in [0.25, 0.3) is 0 Å². The molecule has 0 aromatic heterocycles. The number of ether oxygens (including phenoxy) is 2. The van der Waals surface area contributed by atoms with E-state index in [1.807, 2.05) is 13.8 Å². The number of aliphatic hydroxyl groups excluding tert-OH is 1. The van der Waals surface area contributed by atoms with E-state index in [0.29, 0.717) is 6.42 Å². The van der Waals surface area contributed by atoms with Crippen LogP contribution >= 0.6 is 0 Å². The summed E-state index contributed by atoms with van der Waals surface area (Å²) in [7, 11) is 0. The average molecular weight is 318 g/mol. The summed E-state index contributed by atoms with van der Waals surface area (Å²) in [5, 5.41) is 9.13. The lowest BCUT2D eigenvalue weighted by Gasteiger charge is -2.16. The van der Waals surface area contributed by atoms with Gasteiger partial charge < -0.3 is 14.6 Å². The Hall–Kier alpha value is -1.26. The van der Waals surface area contributed by atoms with E-state index in [1.54, 1.807) is 6.08 Å². The lowest BCUT2D eigenvalue weighted by Crippen LogP contribution is -2.23. The number of terminal acetylenes is 1. The van der Waals surface area contributed by atoms with Crippen molar-refractivity contribution in [2.75, 3.05) is 6.61 Å². The van der Waals surface area contributed by atoms with Crippen molar-refractivity contribution in [1.82, 2.24) is 0 Å². The van der Waals surface area contributed by atoms with Gasteiger partial charge in [-0.1, -0.05) is 44.9 Å². The summed E-state index contributed by atoms with van der Waals surface area (Å²) in [4.78, 5) is 0. The van der Waals surface area contributed by atoms with E-state index in [1.165, 1.54) is 25.7 Å². The van der Waals surface area contributed by atoms with Crippen molar-refractivity contribution >= 4 is 0 Å². The van der Waals surface area contributed by atoms with E-state index in [-0.39, 0.29) is 18.8 Å². The van der Waals surface area contributed by atoms with Gasteiger partial charge in [-0.15, -0.1) is 6.42 Å². The largest absolute Gasteiger partial charge is 0.392 e. The van der Waals surface area contributed by atoms with Crippen LogP contribution < -0.4 is 0 Å². The first-order valence-electron chi connectivity index (χ1n) is 8.64. The van der Waals surface area contributed by atoms with Gasteiger partial charge in [-0.3, -0.25) is 0 Å². The van der Waals surface area contributed by atoms with Crippen molar-refractivity contribution in [2.24, 2.45) is 0 Å². The van der Waals surface area contributed by atoms with Gasteiger partial charge in [-0.2, -0.15) is 0 Å². The predicted molar refractivity (Wildman–Crippen MR) is 93.6 cm³/mol. The van der Waals surface area contributed by atoms with Crippen LogP contribution in [0.4, 0.5) is 0 Å². The molecule has 0 spiro atoms. The van der Waals surface area contributed by atoms with E-state index < -0.39 is 5.79 Å². The summed E-state index contributed by atoms with van der Waals surface area (Å²) in [5.41, 5.74) is 0.813. The summed E-state index contributed by atoms with van der Waals surface area (Å²) < 4.78 is 12.1. The average Bonchev–Trinajstić information content (AvgIpc) is 2.79. The van der Waals surface area contributed by atoms with E-state index in [2.05, 4.69) is 24.7 Å². The monoisotopic (exact) mass is 318 g/mol. The maximum absolute atomic E-state index is 9.13. The standard InChI is InChI=1S/C20H30O3/c1-5-7-9-10-11-13-18-19(23-20(3,4)22-18)16-17(14-15-21)12-8-6-2/h2,14,18-19,21H,5,7,9-11,13,15-16H2,1,3-4H3/b17-14+/t18-,19-/m1/s1. The highest BCUT2D eigenvalue weighted by Gasteiger charge is 2.40. The molecule has 3 heteroatoms. The van der Waals surface area contributed by atoms with Crippen LogP contribution in [0.25, 0.3) is 0 Å². The minimum absolute atomic E-state index is 0.0407. The second kappa shape index (κ2) is 10.5. The van der Waals surface area contributed by atoms with Crippen molar-refractivity contribution < 1.29 is 14.6 Å². The highest BCUT2D eigenvalue weighted by molar-refractivity contribution is 5.36. The zero-order chi connectivity index (χ0) is 17.1. The number of unbranched alkanes of at least 4 members (excludes halogenated alkanes) is 4. The molecule has 0 aliphatic carbocycles. The van der Waals surface area contributed by atoms with Crippen LogP contribution in [-0.2, 0) is 9.47 Å². The van der Waals surface area contributed by atoms with E-state index in [4.69, 9.17) is 21.0 Å². The Labute approximate surface area is 141 Å². The van der Waals surface area contributed by atoms with Gasteiger partial charge in [-0.05, 0) is 38.2 Å². The lowest BCUT2D eigenvalue weighted by molar-refractivity contribution is -0.146. The minimum atomic E-state index is -0.567. The van der Waals surface area contributed by atoms with Gasteiger partial charge in [0.2, 0.25) is 0 Å². The van der Waals surface area contributed by atoms with Gasteiger partial charge in [-0.25, -0.2) is 0 Å². The highest BCUT2D eigenvalue weighted by Crippen LogP contribution is 2.34. The van der Waals surface area contributed by atoms with Crippen LogP contribution in [-0.4, -0.2) is 29.7 Å². The molecule has 1 rings (SSSR count). The molecule has 1 aliphatic heterocycles. The van der Waals surface area contributed by atoms with E-state index >= 15 is 0 Å². The Morgan fingerprint density at radius 2 is 1.87 bits per heavy atom. The van der Waals surface area contributed by atoms with Crippen molar-refractivity contribution in [3.8, 4) is 24.2 Å². The molecule has 0 bridgehead atoms. The van der Waals surface area contributed by atoms with Gasteiger partial charge >= 0.3 is 0 Å². The first-order chi connectivity index (χ1) is 11.0. The molecule has 0 aromatic carbocycles. The van der Waals surface area contributed by atoms with Crippen LogP contribution in [0.1, 0.15) is 65.7 Å². The summed E-state index contributed by atoms with van der Waals surface area (Å²) in [6, 6.07) is 0. The molecule has 2 atom stereocenters. The second-order valence-corrected chi connectivity index (χ2v) is 6.43. The molecule has 0 aromatic rings. The Balaban J connectivity index is 2.61. The first-order valence-corrected chi connectivity index (χ1v) is 8.64. The maximum atomic E-state index is 9.13. The van der Waals surface area contributed by atoms with Gasteiger partial charge in [0, 0.05) is 12.0 Å². The molecule has 0 unspecified atom stereocenters. The molecule has 23 heavy (non-hydrogen) atoms. The second-order valence-electron chi connectivity index (χ2n) is 6.43. The highest BCUT2D eigenvalue weighted by atomic mass is 16.7. The zero-order valence-corrected chi connectivity index (χ0v) is 14.7. The third-order valence-electron chi connectivity index (χ3n) is 3.93. The smallest absolute Gasteiger partial charge is 0.163 e. The van der Waals surface area contributed by atoms with Gasteiger partial charge in [0.05, 0.1) is 18.8 Å². The van der Waals surface area contributed by atoms with Crippen LogP contribution in [0.15, 0.2) is 11.6 Å². The number of aliphatic hydroxyl groups is 1. The Morgan fingerprint density at radius 3 is 2.52 bits per heavy atom. The molecule has 0 saturated carbocycles. The van der Waals surface area contributed by atoms with Crippen LogP contribution in [0.5, 0.6) is 0 Å². The predicted octanol–water partition coefficient (Wildman–Crippen LogP) is 3.81. The van der Waals surface area contributed by atoms with Crippen molar-refractivity contribution in [3.63, 3.8) is 0 Å². The molecule has 1 aliphatic rings. The molecule has 0 radical (unpaired) electrons. The van der Waals surface area contributed by atoms with Crippen LogP contribution in [0.2, 0.25) is 0 Å². The third-order valence-corrected chi connectivity index (χ3v) is 3.93. The van der Waals surface area contributed by atoms with Crippen molar-refractivity contribution in [3.05, 3.63) is 11.6 Å². The molecular formula is C20H30O3. The first kappa shape index (κ1) is 19.8. The molecule has 3 nitrogen and oxygen atoms in total. The Morgan fingerprint density at radius 1 is 1.17 bits per heavy atom. The van der Waals surface area contributed by atoms with Crippen LogP contribution in [0, 0.1) is 24.2 Å². The number of rotatable bonds is 9. The van der Waals surface area contributed by atoms with E-state index in [0.717, 1.165) is 18.4 Å². The molecule has 1 N–H and O–H groups in total. The number of hydrogen-bond acceptors (Lipinski definition) is 3. The quantitative estimate of drug-likeness (QED) is 0.519. The lowest BCUT2D eigenvalue weighted by atomic mass is 9.99. The maximum Gasteiger partial charge on any atom is 0.163 e. The van der Waals surface area contributed by atoms with Gasteiger partial charge in [0.1, 0.15) is 0 Å². The topological polar surface area (TPSA) is 38.7 Å². The van der Waals surface area contributed by atoms with E-state index in [9.17, 15) is 0 Å². The normalized spacial score (nSPS) is 23.2. The molecule has 1 saturated heterocycles. The third kappa shape index (κ3) is 7.71. The van der Waals surface area contributed by atoms with Crippen molar-refractivity contribution in [1.29, 1.82) is 0 Å². The molecule has 0 amide bonds. The summed E-state index contributed by atoms with van der Waals surface area (Å²) in [5.74, 6) is 7.26. The number of hydrogen-bond donors (Lipinski definition) is 1. The SMILES string of the molecule is C#CC#C/C(=C\CO)C[C@H]1OC(C)(C)O[C@@H]1CCCCCCC. The fourth-order valence-corrected chi connectivity index (χ4v) is 2.90. The fourth-order valence-electron chi connectivity index (χ4n) is 2.90. The molecule has 128 valence electrons. The summed E-state index contributed by atoms with van der Waals surface area (Å²) in [6.07, 6.45) is 14.7. The Bertz CT molecular complexity index is 473. The molecular weight excluding hydrogens is 288 g/mol. The molecule has 1 heterocycles. The van der Waals surface area contributed by atoms with Crippen molar-refractivity contribution in [2.45, 2.75) is 83.7 Å². The zero-order valence-electron chi connectivity index (χ0n) is 14.7. The minimum Gasteiger partial charge on any atom is -0.392 e.